The number of carbonyl (C=O) groups excluding carboxylic acids is 2. The van der Waals surface area contributed by atoms with Gasteiger partial charge in [-0.3, -0.25) is 14.5 Å². The van der Waals surface area contributed by atoms with E-state index >= 15 is 0 Å². The van der Waals surface area contributed by atoms with Crippen LogP contribution in [0.1, 0.15) is 26.3 Å². The molecule has 0 fully saturated rings. The third kappa shape index (κ3) is 3.50. The van der Waals surface area contributed by atoms with Gasteiger partial charge in [-0.25, -0.2) is 0 Å². The van der Waals surface area contributed by atoms with Crippen molar-refractivity contribution >= 4 is 30.3 Å². The minimum atomic E-state index is -2.91. The molecule has 8 heteroatoms. The maximum atomic E-state index is 12.6. The molecule has 0 saturated carbocycles. The second-order valence-corrected chi connectivity index (χ2v) is 8.44. The van der Waals surface area contributed by atoms with Crippen molar-refractivity contribution in [2.45, 2.75) is 6.54 Å². The van der Waals surface area contributed by atoms with Crippen molar-refractivity contribution in [3.8, 4) is 5.75 Å². The summed E-state index contributed by atoms with van der Waals surface area (Å²) in [5.41, 5.74) is 1.51. The van der Waals surface area contributed by atoms with E-state index in [1.165, 1.54) is 25.2 Å². The van der Waals surface area contributed by atoms with E-state index in [4.69, 9.17) is 25.4 Å². The lowest BCUT2D eigenvalue weighted by Gasteiger charge is -2.18. The van der Waals surface area contributed by atoms with Crippen LogP contribution < -0.4 is 4.52 Å². The fourth-order valence-corrected chi connectivity index (χ4v) is 3.44. The van der Waals surface area contributed by atoms with Crippen molar-refractivity contribution < 1.29 is 23.2 Å². The highest BCUT2D eigenvalue weighted by Crippen LogP contribution is 2.48. The Kier molecular flexibility index (Phi) is 5.01. The number of benzene rings is 2. The van der Waals surface area contributed by atoms with E-state index in [0.717, 1.165) is 5.56 Å². The summed E-state index contributed by atoms with van der Waals surface area (Å²) in [6.45, 7) is -2.69. The summed E-state index contributed by atoms with van der Waals surface area (Å²) >= 11 is 5.16. The summed E-state index contributed by atoms with van der Waals surface area (Å²) in [6, 6.07) is 14.0. The minimum Gasteiger partial charge on any atom is -0.424 e. The van der Waals surface area contributed by atoms with Gasteiger partial charge in [-0.1, -0.05) is 30.3 Å². The number of imide groups is 1. The van der Waals surface area contributed by atoms with E-state index in [0.29, 0.717) is 11.3 Å². The first kappa shape index (κ1) is 17.8. The van der Waals surface area contributed by atoms with Crippen LogP contribution in [0.2, 0.25) is 0 Å². The van der Waals surface area contributed by atoms with Crippen LogP contribution in [-0.4, -0.2) is 30.9 Å². The highest BCUT2D eigenvalue weighted by molar-refractivity contribution is 8.07. The monoisotopic (exact) mass is 377 g/mol. The molecule has 0 unspecified atom stereocenters. The molecule has 0 atom stereocenters. The first-order chi connectivity index (χ1) is 12.0. The van der Waals surface area contributed by atoms with Crippen molar-refractivity contribution in [1.29, 1.82) is 0 Å². The van der Waals surface area contributed by atoms with Crippen LogP contribution in [0.3, 0.4) is 0 Å². The second kappa shape index (κ2) is 7.06. The molecule has 1 heterocycles. The van der Waals surface area contributed by atoms with Gasteiger partial charge in [0, 0.05) is 26.0 Å². The lowest BCUT2D eigenvalue weighted by molar-refractivity contribution is 0.0642. The summed E-state index contributed by atoms with van der Waals surface area (Å²) < 4.78 is 15.7. The number of amides is 2. The van der Waals surface area contributed by atoms with Gasteiger partial charge in [0.2, 0.25) is 0 Å². The van der Waals surface area contributed by atoms with Crippen LogP contribution in [-0.2, 0) is 27.4 Å². The van der Waals surface area contributed by atoms with Gasteiger partial charge in [-0.05, 0) is 23.8 Å². The molecule has 0 radical (unpaired) electrons. The van der Waals surface area contributed by atoms with E-state index < -0.39 is 6.72 Å². The summed E-state index contributed by atoms with van der Waals surface area (Å²) in [7, 11) is 2.79. The zero-order valence-corrected chi connectivity index (χ0v) is 15.4. The fraction of sp³-hybridized carbons (Fsp3) is 0.176. The Morgan fingerprint density at radius 2 is 1.60 bits per heavy atom. The Bertz CT molecular complexity index is 863. The molecule has 1 aliphatic rings. The molecule has 6 nitrogen and oxygen atoms in total. The Hall–Kier alpha value is -2.05. The number of nitrogens with zero attached hydrogens (tertiary/aromatic N) is 1. The maximum absolute atomic E-state index is 12.6. The van der Waals surface area contributed by atoms with Crippen LogP contribution in [0.5, 0.6) is 5.75 Å². The van der Waals surface area contributed by atoms with Gasteiger partial charge in [0.05, 0.1) is 17.7 Å². The molecule has 0 N–H and O–H groups in total. The SMILES string of the molecule is COP(=S)(OC)Oc1ccc2c(c1)C(=O)N(Cc1ccccc1)C2=O. The van der Waals surface area contributed by atoms with Crippen molar-refractivity contribution in [2.24, 2.45) is 0 Å². The number of hydrogen-bond acceptors (Lipinski definition) is 6. The topological polar surface area (TPSA) is 65.1 Å². The molecule has 0 saturated heterocycles. The zero-order valence-electron chi connectivity index (χ0n) is 13.7. The summed E-state index contributed by atoms with van der Waals surface area (Å²) in [4.78, 5) is 26.4. The van der Waals surface area contributed by atoms with Crippen LogP contribution in [0.25, 0.3) is 0 Å². The number of fused-ring (bicyclic) bond motifs is 1. The molecular formula is C17H16NO5PS. The molecule has 2 amide bonds. The Morgan fingerprint density at radius 3 is 2.24 bits per heavy atom. The minimum absolute atomic E-state index is 0.220. The number of rotatable bonds is 6. The first-order valence-electron chi connectivity index (χ1n) is 7.42. The van der Waals surface area contributed by atoms with E-state index in [2.05, 4.69) is 0 Å². The van der Waals surface area contributed by atoms with E-state index in [9.17, 15) is 9.59 Å². The van der Waals surface area contributed by atoms with Crippen LogP contribution in [0, 0.1) is 0 Å². The largest absolute Gasteiger partial charge is 0.424 e. The molecule has 2 aromatic rings. The lowest BCUT2D eigenvalue weighted by Crippen LogP contribution is -2.29. The average Bonchev–Trinajstić information content (AvgIpc) is 2.87. The van der Waals surface area contributed by atoms with Crippen molar-refractivity contribution in [3.63, 3.8) is 0 Å². The maximum Gasteiger partial charge on any atom is 0.380 e. The molecule has 0 bridgehead atoms. The van der Waals surface area contributed by atoms with E-state index in [1.807, 2.05) is 30.3 Å². The average molecular weight is 377 g/mol. The summed E-state index contributed by atoms with van der Waals surface area (Å²) in [6.07, 6.45) is 0. The van der Waals surface area contributed by atoms with E-state index in [-0.39, 0.29) is 23.9 Å². The molecule has 130 valence electrons. The highest BCUT2D eigenvalue weighted by atomic mass is 32.5. The van der Waals surface area contributed by atoms with Gasteiger partial charge in [0.25, 0.3) is 11.8 Å². The molecule has 3 rings (SSSR count). The van der Waals surface area contributed by atoms with Gasteiger partial charge >= 0.3 is 6.72 Å². The highest BCUT2D eigenvalue weighted by Gasteiger charge is 2.36. The Labute approximate surface area is 150 Å². The molecule has 25 heavy (non-hydrogen) atoms. The smallest absolute Gasteiger partial charge is 0.380 e. The van der Waals surface area contributed by atoms with Gasteiger partial charge in [-0.2, -0.15) is 0 Å². The van der Waals surface area contributed by atoms with Crippen LogP contribution in [0.15, 0.2) is 48.5 Å². The van der Waals surface area contributed by atoms with Gasteiger partial charge < -0.3 is 13.6 Å². The quantitative estimate of drug-likeness (QED) is 0.568. The fourth-order valence-electron chi connectivity index (χ4n) is 2.51. The van der Waals surface area contributed by atoms with Gasteiger partial charge in [0.15, 0.2) is 0 Å². The standard InChI is InChI=1S/C17H16NO5PS/c1-21-24(25,22-2)23-13-8-9-14-15(10-13)17(20)18(16(14)19)11-12-6-4-3-5-7-12/h3-10H,11H2,1-2H3. The number of hydrogen-bond donors (Lipinski definition) is 0. The van der Waals surface area contributed by atoms with Crippen molar-refractivity contribution in [3.05, 3.63) is 65.2 Å². The van der Waals surface area contributed by atoms with Gasteiger partial charge in [0.1, 0.15) is 5.75 Å². The Morgan fingerprint density at radius 1 is 0.960 bits per heavy atom. The van der Waals surface area contributed by atoms with Crippen molar-refractivity contribution in [1.82, 2.24) is 4.90 Å². The van der Waals surface area contributed by atoms with Crippen LogP contribution >= 0.6 is 6.72 Å². The first-order valence-corrected chi connectivity index (χ1v) is 9.98. The molecular weight excluding hydrogens is 361 g/mol. The number of carbonyl (C=O) groups is 2. The lowest BCUT2D eigenvalue weighted by atomic mass is 10.1. The normalized spacial score (nSPS) is 13.9. The molecule has 1 aliphatic heterocycles. The summed E-state index contributed by atoms with van der Waals surface area (Å²) in [5.74, 6) is -0.362. The predicted molar refractivity (Wildman–Crippen MR) is 96.0 cm³/mol. The predicted octanol–water partition coefficient (Wildman–Crippen LogP) is 3.38. The third-order valence-corrected chi connectivity index (χ3v) is 6.24. The second-order valence-electron chi connectivity index (χ2n) is 5.29. The van der Waals surface area contributed by atoms with Crippen LogP contribution in [0.4, 0.5) is 0 Å². The molecule has 0 aliphatic carbocycles. The third-order valence-electron chi connectivity index (χ3n) is 3.79. The van der Waals surface area contributed by atoms with E-state index in [1.54, 1.807) is 12.1 Å². The molecule has 0 aromatic heterocycles. The molecule has 2 aromatic carbocycles. The molecule has 0 spiro atoms. The van der Waals surface area contributed by atoms with Crippen molar-refractivity contribution in [2.75, 3.05) is 14.2 Å². The Balaban J connectivity index is 1.87. The zero-order chi connectivity index (χ0) is 18.0. The van der Waals surface area contributed by atoms with Gasteiger partial charge in [-0.15, -0.1) is 0 Å². The summed E-state index contributed by atoms with van der Waals surface area (Å²) in [5, 5.41) is 0.